The maximum atomic E-state index is 12.5. The summed E-state index contributed by atoms with van der Waals surface area (Å²) in [6.45, 7) is 1.65. The quantitative estimate of drug-likeness (QED) is 0.893. The second-order valence-corrected chi connectivity index (χ2v) is 5.94. The summed E-state index contributed by atoms with van der Waals surface area (Å²) in [6.07, 6.45) is -1.44. The average Bonchev–Trinajstić information content (AvgIpc) is 2.46. The van der Waals surface area contributed by atoms with E-state index in [1.807, 2.05) is 0 Å². The molecule has 8 heteroatoms. The van der Waals surface area contributed by atoms with Crippen molar-refractivity contribution in [2.24, 2.45) is 5.92 Å². The fraction of sp³-hybridized carbons (Fsp3) is 0.533. The molecule has 0 radical (unpaired) electrons. The van der Waals surface area contributed by atoms with Crippen molar-refractivity contribution < 1.29 is 27.9 Å². The molecule has 1 aromatic heterocycles. The van der Waals surface area contributed by atoms with Crippen LogP contribution in [0.4, 0.5) is 13.2 Å². The van der Waals surface area contributed by atoms with Crippen molar-refractivity contribution in [3.63, 3.8) is 0 Å². The lowest BCUT2D eigenvalue weighted by Gasteiger charge is -2.39. The minimum atomic E-state index is -4.52. The molecule has 2 atom stereocenters. The van der Waals surface area contributed by atoms with Crippen molar-refractivity contribution in [1.82, 2.24) is 10.3 Å². The third-order valence-corrected chi connectivity index (χ3v) is 4.23. The molecule has 1 saturated carbocycles. The number of nitrogens with zero attached hydrogens (tertiary/aromatic N) is 1. The summed E-state index contributed by atoms with van der Waals surface area (Å²) >= 11 is 0. The summed E-state index contributed by atoms with van der Waals surface area (Å²) in [7, 11) is 0. The Bertz CT molecular complexity index is 601. The molecule has 1 fully saturated rings. The number of rotatable bonds is 3. The van der Waals surface area contributed by atoms with Crippen molar-refractivity contribution in [2.75, 3.05) is 0 Å². The van der Waals surface area contributed by atoms with Crippen LogP contribution in [0.25, 0.3) is 0 Å². The second-order valence-electron chi connectivity index (χ2n) is 5.94. The number of aliphatic carboxylic acids is 1. The van der Waals surface area contributed by atoms with E-state index >= 15 is 0 Å². The van der Waals surface area contributed by atoms with E-state index in [9.17, 15) is 27.9 Å². The van der Waals surface area contributed by atoms with E-state index in [2.05, 4.69) is 10.3 Å². The van der Waals surface area contributed by atoms with Crippen molar-refractivity contribution in [1.29, 1.82) is 0 Å². The number of carboxylic acid groups (broad SMARTS) is 1. The van der Waals surface area contributed by atoms with Gasteiger partial charge in [-0.3, -0.25) is 14.6 Å². The van der Waals surface area contributed by atoms with Crippen LogP contribution in [0.5, 0.6) is 0 Å². The van der Waals surface area contributed by atoms with Gasteiger partial charge in [0.25, 0.3) is 5.91 Å². The molecule has 5 nitrogen and oxygen atoms in total. The lowest BCUT2D eigenvalue weighted by molar-refractivity contribution is -0.145. The number of hydrogen-bond acceptors (Lipinski definition) is 3. The number of pyridine rings is 1. The average molecular weight is 330 g/mol. The Kier molecular flexibility index (Phi) is 4.63. The van der Waals surface area contributed by atoms with Gasteiger partial charge in [-0.15, -0.1) is 0 Å². The maximum Gasteiger partial charge on any atom is 0.417 e. The lowest BCUT2D eigenvalue weighted by atomic mass is 9.74. The van der Waals surface area contributed by atoms with E-state index in [1.165, 1.54) is 0 Å². The molecule has 0 bridgehead atoms. The molecule has 2 N–H and O–H groups in total. The molecule has 1 amide bonds. The molecule has 1 heterocycles. The van der Waals surface area contributed by atoms with Crippen LogP contribution in [0, 0.1) is 5.92 Å². The normalized spacial score (nSPS) is 25.0. The Labute approximate surface area is 130 Å². The summed E-state index contributed by atoms with van der Waals surface area (Å²) in [5.41, 5.74) is -2.05. The summed E-state index contributed by atoms with van der Waals surface area (Å²) in [5.74, 6) is -2.39. The van der Waals surface area contributed by atoms with Crippen molar-refractivity contribution in [3.05, 3.63) is 29.6 Å². The first-order valence-electron chi connectivity index (χ1n) is 7.22. The van der Waals surface area contributed by atoms with Crippen LogP contribution in [-0.4, -0.2) is 27.5 Å². The van der Waals surface area contributed by atoms with Gasteiger partial charge in [0.05, 0.1) is 17.0 Å². The van der Waals surface area contributed by atoms with E-state index in [0.29, 0.717) is 19.0 Å². The van der Waals surface area contributed by atoms with E-state index in [4.69, 9.17) is 0 Å². The standard InChI is InChI=1S/C15H17F3N2O3/c1-14(7-3-2-4-10(14)13(22)23)20-12(21)11-6-5-9(8-19-11)15(16,17)18/h5-6,8,10H,2-4,7H2,1H3,(H,20,21)(H,22,23). The highest BCUT2D eigenvalue weighted by Gasteiger charge is 2.42. The van der Waals surface area contributed by atoms with Gasteiger partial charge in [0.1, 0.15) is 5.69 Å². The number of carbonyl (C=O) groups is 2. The predicted octanol–water partition coefficient (Wildman–Crippen LogP) is 2.86. The summed E-state index contributed by atoms with van der Waals surface area (Å²) in [4.78, 5) is 27.1. The molecule has 2 rings (SSSR count). The Morgan fingerprint density at radius 3 is 2.57 bits per heavy atom. The van der Waals surface area contributed by atoms with Gasteiger partial charge in [-0.2, -0.15) is 13.2 Å². The molecule has 1 aliphatic rings. The Hall–Kier alpha value is -2.12. The molecule has 2 unspecified atom stereocenters. The fourth-order valence-corrected chi connectivity index (χ4v) is 2.90. The molecule has 23 heavy (non-hydrogen) atoms. The Morgan fingerprint density at radius 2 is 2.04 bits per heavy atom. The molecular weight excluding hydrogens is 313 g/mol. The van der Waals surface area contributed by atoms with Crippen LogP contribution < -0.4 is 5.32 Å². The second kappa shape index (κ2) is 6.17. The number of hydrogen-bond donors (Lipinski definition) is 2. The number of carboxylic acids is 1. The van der Waals surface area contributed by atoms with E-state index in [-0.39, 0.29) is 5.69 Å². The minimum absolute atomic E-state index is 0.172. The smallest absolute Gasteiger partial charge is 0.417 e. The molecule has 1 aromatic rings. The molecule has 126 valence electrons. The summed E-state index contributed by atoms with van der Waals surface area (Å²) in [6, 6.07) is 1.76. The first kappa shape index (κ1) is 17.2. The fourth-order valence-electron chi connectivity index (χ4n) is 2.90. The SMILES string of the molecule is CC1(NC(=O)c2ccc(C(F)(F)F)cn2)CCCCC1C(=O)O. The predicted molar refractivity (Wildman–Crippen MR) is 74.7 cm³/mol. The zero-order chi connectivity index (χ0) is 17.3. The largest absolute Gasteiger partial charge is 0.481 e. The zero-order valence-corrected chi connectivity index (χ0v) is 12.5. The summed E-state index contributed by atoms with van der Waals surface area (Å²) < 4.78 is 37.5. The van der Waals surface area contributed by atoms with Crippen LogP contribution in [0.2, 0.25) is 0 Å². The molecule has 0 spiro atoms. The number of amides is 1. The van der Waals surface area contributed by atoms with Gasteiger partial charge in [0, 0.05) is 6.20 Å². The summed E-state index contributed by atoms with van der Waals surface area (Å²) in [5, 5.41) is 11.9. The number of aromatic nitrogens is 1. The first-order chi connectivity index (χ1) is 10.6. The van der Waals surface area contributed by atoms with Crippen LogP contribution in [0.1, 0.15) is 48.7 Å². The topological polar surface area (TPSA) is 79.3 Å². The van der Waals surface area contributed by atoms with Crippen LogP contribution in [0.15, 0.2) is 18.3 Å². The Morgan fingerprint density at radius 1 is 1.35 bits per heavy atom. The van der Waals surface area contributed by atoms with Crippen LogP contribution >= 0.6 is 0 Å². The first-order valence-corrected chi connectivity index (χ1v) is 7.22. The zero-order valence-electron chi connectivity index (χ0n) is 12.5. The van der Waals surface area contributed by atoms with Gasteiger partial charge in [0.2, 0.25) is 0 Å². The van der Waals surface area contributed by atoms with Crippen molar-refractivity contribution in [2.45, 2.75) is 44.3 Å². The third kappa shape index (κ3) is 3.80. The van der Waals surface area contributed by atoms with Gasteiger partial charge in [-0.1, -0.05) is 12.8 Å². The minimum Gasteiger partial charge on any atom is -0.481 e. The van der Waals surface area contributed by atoms with Crippen LogP contribution in [-0.2, 0) is 11.0 Å². The molecule has 1 aliphatic carbocycles. The third-order valence-electron chi connectivity index (χ3n) is 4.23. The lowest BCUT2D eigenvalue weighted by Crippen LogP contribution is -2.55. The van der Waals surface area contributed by atoms with Crippen LogP contribution in [0.3, 0.4) is 0 Å². The van der Waals surface area contributed by atoms with Gasteiger partial charge in [-0.05, 0) is 31.9 Å². The van der Waals surface area contributed by atoms with Gasteiger partial charge < -0.3 is 10.4 Å². The Balaban J connectivity index is 2.15. The number of nitrogens with one attached hydrogen (secondary N) is 1. The van der Waals surface area contributed by atoms with E-state index in [0.717, 1.165) is 25.0 Å². The highest BCUT2D eigenvalue weighted by molar-refractivity contribution is 5.93. The molecule has 0 saturated heterocycles. The molecular formula is C15H17F3N2O3. The highest BCUT2D eigenvalue weighted by Crippen LogP contribution is 2.34. The number of halogens is 3. The van der Waals surface area contributed by atoms with Gasteiger partial charge in [0.15, 0.2) is 0 Å². The number of alkyl halides is 3. The maximum absolute atomic E-state index is 12.5. The van der Waals surface area contributed by atoms with E-state index < -0.39 is 35.1 Å². The van der Waals surface area contributed by atoms with E-state index in [1.54, 1.807) is 6.92 Å². The van der Waals surface area contributed by atoms with Gasteiger partial charge in [-0.25, -0.2) is 0 Å². The van der Waals surface area contributed by atoms with Crippen molar-refractivity contribution >= 4 is 11.9 Å². The number of carbonyl (C=O) groups excluding carboxylic acids is 1. The van der Waals surface area contributed by atoms with Gasteiger partial charge >= 0.3 is 12.1 Å². The molecule has 0 aromatic carbocycles. The van der Waals surface area contributed by atoms with Crippen molar-refractivity contribution in [3.8, 4) is 0 Å². The molecule has 0 aliphatic heterocycles. The monoisotopic (exact) mass is 330 g/mol. The highest BCUT2D eigenvalue weighted by atomic mass is 19.4.